The lowest BCUT2D eigenvalue weighted by Gasteiger charge is -2.08. The molecule has 1 aromatic heterocycles. The molecule has 0 aliphatic rings. The molecule has 0 aliphatic carbocycles. The van der Waals surface area contributed by atoms with E-state index in [4.69, 9.17) is 30.2 Å². The molecule has 0 aliphatic heterocycles. The number of halogens is 1. The SMILES string of the molecule is COc1ccc(-c2nnc(COc3cc(C)c(Cl)c(C)c3)o2)cc1OC. The molecule has 0 saturated heterocycles. The van der Waals surface area contributed by atoms with Crippen molar-refractivity contribution in [3.8, 4) is 28.7 Å². The number of nitrogens with zero attached hydrogens (tertiary/aromatic N) is 2. The lowest BCUT2D eigenvalue weighted by molar-refractivity contribution is 0.264. The molecule has 0 radical (unpaired) electrons. The fourth-order valence-electron chi connectivity index (χ4n) is 2.53. The van der Waals surface area contributed by atoms with E-state index >= 15 is 0 Å². The van der Waals surface area contributed by atoms with Crippen LogP contribution >= 0.6 is 11.6 Å². The lowest BCUT2D eigenvalue weighted by Crippen LogP contribution is -1.97. The monoisotopic (exact) mass is 374 g/mol. The number of hydrogen-bond donors (Lipinski definition) is 0. The predicted molar refractivity (Wildman–Crippen MR) is 98.1 cm³/mol. The first-order chi connectivity index (χ1) is 12.5. The van der Waals surface area contributed by atoms with Gasteiger partial charge < -0.3 is 18.6 Å². The molecule has 2 aromatic carbocycles. The molecule has 0 spiro atoms. The smallest absolute Gasteiger partial charge is 0.254 e. The molecule has 0 bridgehead atoms. The third kappa shape index (κ3) is 3.75. The van der Waals surface area contributed by atoms with Crippen molar-refractivity contribution in [1.82, 2.24) is 10.2 Å². The van der Waals surface area contributed by atoms with Crippen molar-refractivity contribution in [3.63, 3.8) is 0 Å². The van der Waals surface area contributed by atoms with Crippen LogP contribution < -0.4 is 14.2 Å². The number of aryl methyl sites for hydroxylation is 2. The number of hydrogen-bond acceptors (Lipinski definition) is 6. The molecule has 0 saturated carbocycles. The molecular weight excluding hydrogens is 356 g/mol. The van der Waals surface area contributed by atoms with E-state index in [0.717, 1.165) is 21.7 Å². The highest BCUT2D eigenvalue weighted by atomic mass is 35.5. The van der Waals surface area contributed by atoms with Crippen LogP contribution in [-0.4, -0.2) is 24.4 Å². The summed E-state index contributed by atoms with van der Waals surface area (Å²) in [4.78, 5) is 0. The first kappa shape index (κ1) is 18.1. The molecule has 6 nitrogen and oxygen atoms in total. The predicted octanol–water partition coefficient (Wildman–Crippen LogP) is 4.60. The largest absolute Gasteiger partial charge is 0.493 e. The van der Waals surface area contributed by atoms with Gasteiger partial charge in [0, 0.05) is 10.6 Å². The molecular formula is C19H19ClN2O4. The zero-order valence-corrected chi connectivity index (χ0v) is 15.8. The minimum Gasteiger partial charge on any atom is -0.493 e. The molecule has 3 aromatic rings. The summed E-state index contributed by atoms with van der Waals surface area (Å²) in [6, 6.07) is 9.14. The van der Waals surface area contributed by atoms with E-state index in [0.29, 0.717) is 29.0 Å². The fraction of sp³-hybridized carbons (Fsp3) is 0.263. The second kappa shape index (κ2) is 7.66. The van der Waals surface area contributed by atoms with Gasteiger partial charge in [-0.15, -0.1) is 10.2 Å². The molecule has 0 unspecified atom stereocenters. The third-order valence-electron chi connectivity index (χ3n) is 3.87. The maximum absolute atomic E-state index is 6.17. The summed E-state index contributed by atoms with van der Waals surface area (Å²) in [7, 11) is 3.16. The van der Waals surface area contributed by atoms with E-state index < -0.39 is 0 Å². The summed E-state index contributed by atoms with van der Waals surface area (Å²) in [6.07, 6.45) is 0. The standard InChI is InChI=1S/C19H19ClN2O4/c1-11-7-14(8-12(2)18(11)20)25-10-17-21-22-19(26-17)13-5-6-15(23-3)16(9-13)24-4/h5-9H,10H2,1-4H3. The van der Waals surface area contributed by atoms with E-state index in [-0.39, 0.29) is 6.61 Å². The van der Waals surface area contributed by atoms with Gasteiger partial charge in [0.25, 0.3) is 5.89 Å². The van der Waals surface area contributed by atoms with Crippen LogP contribution in [0.25, 0.3) is 11.5 Å². The van der Waals surface area contributed by atoms with Crippen LogP contribution in [0.3, 0.4) is 0 Å². The van der Waals surface area contributed by atoms with Crippen molar-refractivity contribution in [1.29, 1.82) is 0 Å². The Balaban J connectivity index is 1.74. The Morgan fingerprint density at radius 2 is 1.65 bits per heavy atom. The van der Waals surface area contributed by atoms with E-state index in [1.807, 2.05) is 32.0 Å². The van der Waals surface area contributed by atoms with Gasteiger partial charge in [0.2, 0.25) is 5.89 Å². The van der Waals surface area contributed by atoms with Gasteiger partial charge in [-0.1, -0.05) is 11.6 Å². The van der Waals surface area contributed by atoms with E-state index in [1.165, 1.54) is 0 Å². The van der Waals surface area contributed by atoms with Gasteiger partial charge in [-0.3, -0.25) is 0 Å². The Kier molecular flexibility index (Phi) is 5.32. The van der Waals surface area contributed by atoms with Gasteiger partial charge in [0.05, 0.1) is 14.2 Å². The van der Waals surface area contributed by atoms with Crippen LogP contribution in [0.15, 0.2) is 34.7 Å². The molecule has 0 N–H and O–H groups in total. The van der Waals surface area contributed by atoms with Gasteiger partial charge in [0.1, 0.15) is 5.75 Å². The molecule has 0 amide bonds. The van der Waals surface area contributed by atoms with Crippen molar-refractivity contribution in [3.05, 3.63) is 52.4 Å². The van der Waals surface area contributed by atoms with Gasteiger partial charge in [-0.2, -0.15) is 0 Å². The highest BCUT2D eigenvalue weighted by molar-refractivity contribution is 6.32. The van der Waals surface area contributed by atoms with Gasteiger partial charge in [0.15, 0.2) is 18.1 Å². The van der Waals surface area contributed by atoms with Crippen molar-refractivity contribution >= 4 is 11.6 Å². The summed E-state index contributed by atoms with van der Waals surface area (Å²) in [5, 5.41) is 8.83. The molecule has 1 heterocycles. The maximum Gasteiger partial charge on any atom is 0.254 e. The summed E-state index contributed by atoms with van der Waals surface area (Å²) in [5.74, 6) is 2.68. The third-order valence-corrected chi connectivity index (χ3v) is 4.47. The number of benzene rings is 2. The van der Waals surface area contributed by atoms with Crippen LogP contribution in [-0.2, 0) is 6.61 Å². The average Bonchev–Trinajstić information content (AvgIpc) is 3.12. The number of aromatic nitrogens is 2. The molecule has 7 heteroatoms. The summed E-state index contributed by atoms with van der Waals surface area (Å²) in [5.41, 5.74) is 2.65. The van der Waals surface area contributed by atoms with Crippen LogP contribution in [0.4, 0.5) is 0 Å². The highest BCUT2D eigenvalue weighted by Gasteiger charge is 2.13. The van der Waals surface area contributed by atoms with Gasteiger partial charge in [-0.25, -0.2) is 0 Å². The van der Waals surface area contributed by atoms with E-state index in [2.05, 4.69) is 10.2 Å². The summed E-state index contributed by atoms with van der Waals surface area (Å²) < 4.78 is 21.9. The Bertz CT molecular complexity index is 901. The zero-order chi connectivity index (χ0) is 18.7. The molecule has 3 rings (SSSR count). The van der Waals surface area contributed by atoms with Crippen LogP contribution in [0.5, 0.6) is 17.2 Å². The maximum atomic E-state index is 6.17. The first-order valence-electron chi connectivity index (χ1n) is 7.96. The van der Waals surface area contributed by atoms with Crippen LogP contribution in [0, 0.1) is 13.8 Å². The Morgan fingerprint density at radius 1 is 0.962 bits per heavy atom. The van der Waals surface area contributed by atoms with Gasteiger partial charge >= 0.3 is 0 Å². The van der Waals surface area contributed by atoms with E-state index in [1.54, 1.807) is 26.4 Å². The summed E-state index contributed by atoms with van der Waals surface area (Å²) >= 11 is 6.17. The molecule has 0 atom stereocenters. The zero-order valence-electron chi connectivity index (χ0n) is 15.0. The topological polar surface area (TPSA) is 66.6 Å². The second-order valence-corrected chi connectivity index (χ2v) is 6.11. The van der Waals surface area contributed by atoms with Crippen molar-refractivity contribution in [2.24, 2.45) is 0 Å². The minimum absolute atomic E-state index is 0.167. The number of rotatable bonds is 6. The van der Waals surface area contributed by atoms with Gasteiger partial charge in [-0.05, 0) is 55.3 Å². The first-order valence-corrected chi connectivity index (χ1v) is 8.34. The van der Waals surface area contributed by atoms with Crippen molar-refractivity contribution in [2.75, 3.05) is 14.2 Å². The number of ether oxygens (including phenoxy) is 3. The Labute approximate surface area is 156 Å². The molecule has 26 heavy (non-hydrogen) atoms. The number of methoxy groups -OCH3 is 2. The second-order valence-electron chi connectivity index (χ2n) is 5.73. The van der Waals surface area contributed by atoms with Crippen LogP contribution in [0.2, 0.25) is 5.02 Å². The quantitative estimate of drug-likeness (QED) is 0.628. The van der Waals surface area contributed by atoms with Crippen molar-refractivity contribution in [2.45, 2.75) is 20.5 Å². The van der Waals surface area contributed by atoms with E-state index in [9.17, 15) is 0 Å². The minimum atomic E-state index is 0.167. The average molecular weight is 375 g/mol. The van der Waals surface area contributed by atoms with Crippen molar-refractivity contribution < 1.29 is 18.6 Å². The highest BCUT2D eigenvalue weighted by Crippen LogP contribution is 2.32. The Morgan fingerprint density at radius 3 is 2.31 bits per heavy atom. The lowest BCUT2D eigenvalue weighted by atomic mass is 10.1. The summed E-state index contributed by atoms with van der Waals surface area (Å²) in [6.45, 7) is 4.04. The normalized spacial score (nSPS) is 10.7. The molecule has 136 valence electrons. The van der Waals surface area contributed by atoms with Crippen LogP contribution in [0.1, 0.15) is 17.0 Å². The fourth-order valence-corrected chi connectivity index (χ4v) is 2.64. The molecule has 0 fully saturated rings. The Hall–Kier alpha value is -2.73.